The molecule has 2 atom stereocenters. The van der Waals surface area contributed by atoms with Gasteiger partial charge in [-0.05, 0) is 55.4 Å². The quantitative estimate of drug-likeness (QED) is 0.913. The van der Waals surface area contributed by atoms with E-state index in [-0.39, 0.29) is 24.0 Å². The molecular weight excluding hydrogens is 324 g/mol. The summed E-state index contributed by atoms with van der Waals surface area (Å²) in [4.78, 5) is 13.0. The zero-order valence-electron chi connectivity index (χ0n) is 14.9. The van der Waals surface area contributed by atoms with Gasteiger partial charge in [0.15, 0.2) is 0 Å². The van der Waals surface area contributed by atoms with Crippen molar-refractivity contribution in [1.82, 2.24) is 5.32 Å². The van der Waals surface area contributed by atoms with Crippen LogP contribution in [0.15, 0.2) is 42.5 Å². The van der Waals surface area contributed by atoms with Crippen LogP contribution < -0.4 is 10.1 Å². The number of benzene rings is 2. The molecule has 1 N–H and O–H groups in total. The third-order valence-electron chi connectivity index (χ3n) is 5.48. The number of nitriles is 1. The topological polar surface area (TPSA) is 62.1 Å². The van der Waals surface area contributed by atoms with Crippen LogP contribution >= 0.6 is 0 Å². The number of hydrogen-bond donors (Lipinski definition) is 1. The molecular formula is C22H22N2O2. The first kappa shape index (κ1) is 16.7. The highest BCUT2D eigenvalue weighted by molar-refractivity contribution is 5.97. The Balaban J connectivity index is 1.56. The molecule has 2 aliphatic rings. The molecule has 2 unspecified atom stereocenters. The van der Waals surface area contributed by atoms with E-state index in [2.05, 4.69) is 11.4 Å². The van der Waals surface area contributed by atoms with Crippen molar-refractivity contribution in [2.75, 3.05) is 0 Å². The summed E-state index contributed by atoms with van der Waals surface area (Å²) in [6.07, 6.45) is 4.17. The summed E-state index contributed by atoms with van der Waals surface area (Å²) in [5.74, 6) is 0.204. The lowest BCUT2D eigenvalue weighted by atomic mass is 9.95. The summed E-state index contributed by atoms with van der Waals surface area (Å²) in [6, 6.07) is 15.7. The van der Waals surface area contributed by atoms with Gasteiger partial charge in [-0.15, -0.1) is 0 Å². The number of ether oxygens (including phenoxy) is 1. The summed E-state index contributed by atoms with van der Waals surface area (Å²) in [5.41, 5.74) is 3.69. The smallest absolute Gasteiger partial charge is 0.255 e. The highest BCUT2D eigenvalue weighted by Crippen LogP contribution is 2.34. The molecule has 2 aromatic carbocycles. The minimum atomic E-state index is -0.309. The van der Waals surface area contributed by atoms with Gasteiger partial charge in [0.2, 0.25) is 0 Å². The largest absolute Gasteiger partial charge is 0.489 e. The number of nitrogens with one attached hydrogen (secondary N) is 1. The molecule has 0 spiro atoms. The maximum absolute atomic E-state index is 13.0. The predicted molar refractivity (Wildman–Crippen MR) is 99.2 cm³/mol. The molecule has 4 nitrogen and oxygen atoms in total. The average molecular weight is 346 g/mol. The van der Waals surface area contributed by atoms with Crippen LogP contribution in [0.3, 0.4) is 0 Å². The summed E-state index contributed by atoms with van der Waals surface area (Å²) >= 11 is 0. The van der Waals surface area contributed by atoms with Gasteiger partial charge in [-0.25, -0.2) is 0 Å². The summed E-state index contributed by atoms with van der Waals surface area (Å²) in [7, 11) is 0. The van der Waals surface area contributed by atoms with Crippen LogP contribution in [0.2, 0.25) is 0 Å². The molecule has 1 saturated carbocycles. The van der Waals surface area contributed by atoms with Gasteiger partial charge in [0.05, 0.1) is 29.7 Å². The molecule has 0 aliphatic heterocycles. The fourth-order valence-corrected chi connectivity index (χ4v) is 3.78. The lowest BCUT2D eigenvalue weighted by molar-refractivity contribution is 0.0910. The number of para-hydroxylation sites is 1. The molecule has 4 rings (SSSR count). The molecule has 132 valence electrons. The number of rotatable bonds is 4. The zero-order valence-corrected chi connectivity index (χ0v) is 14.9. The van der Waals surface area contributed by atoms with Crippen molar-refractivity contribution in [3.8, 4) is 11.8 Å². The SMILES string of the molecule is Cc1cccc(C(=O)NC2Cc3ccccc3C2C#N)c1OC1CCC1. The molecule has 0 radical (unpaired) electrons. The van der Waals surface area contributed by atoms with Gasteiger partial charge in [-0.2, -0.15) is 5.26 Å². The van der Waals surface area contributed by atoms with Gasteiger partial charge in [-0.1, -0.05) is 36.4 Å². The first-order valence-corrected chi connectivity index (χ1v) is 9.22. The standard InChI is InChI=1S/C22H22N2O2/c1-14-6-4-11-18(21(14)26-16-8-5-9-16)22(25)24-20-12-15-7-2-3-10-17(15)19(20)13-23/h2-4,6-7,10-11,16,19-20H,5,8-9,12H2,1H3,(H,24,25). The number of carbonyl (C=O) groups excluding carboxylic acids is 1. The highest BCUT2D eigenvalue weighted by Gasteiger charge is 2.34. The van der Waals surface area contributed by atoms with Crippen molar-refractivity contribution in [3.05, 3.63) is 64.7 Å². The molecule has 2 aromatic rings. The van der Waals surface area contributed by atoms with E-state index in [0.717, 1.165) is 29.5 Å². The van der Waals surface area contributed by atoms with Gasteiger partial charge in [0.25, 0.3) is 5.91 Å². The second-order valence-electron chi connectivity index (χ2n) is 7.21. The molecule has 2 aliphatic carbocycles. The van der Waals surface area contributed by atoms with E-state index in [1.165, 1.54) is 6.42 Å². The van der Waals surface area contributed by atoms with Crippen LogP contribution in [0.25, 0.3) is 0 Å². The van der Waals surface area contributed by atoms with Crippen LogP contribution in [-0.4, -0.2) is 18.1 Å². The number of carbonyl (C=O) groups is 1. The Hall–Kier alpha value is -2.80. The molecule has 1 amide bonds. The fourth-order valence-electron chi connectivity index (χ4n) is 3.78. The van der Waals surface area contributed by atoms with E-state index in [4.69, 9.17) is 4.74 Å². The number of nitrogens with zero attached hydrogens (tertiary/aromatic N) is 1. The third kappa shape index (κ3) is 2.94. The fraction of sp³-hybridized carbons (Fsp3) is 0.364. The molecule has 0 heterocycles. The minimum absolute atomic E-state index is 0.166. The van der Waals surface area contributed by atoms with E-state index in [1.54, 1.807) is 6.07 Å². The van der Waals surface area contributed by atoms with Gasteiger partial charge in [0.1, 0.15) is 5.75 Å². The molecule has 0 saturated heterocycles. The maximum Gasteiger partial charge on any atom is 0.255 e. The van der Waals surface area contributed by atoms with Crippen molar-refractivity contribution in [2.45, 2.75) is 50.7 Å². The summed E-state index contributed by atoms with van der Waals surface area (Å²) in [6.45, 7) is 1.97. The van der Waals surface area contributed by atoms with Crippen LogP contribution in [0.1, 0.15) is 52.2 Å². The van der Waals surface area contributed by atoms with Crippen LogP contribution in [0, 0.1) is 18.3 Å². The van der Waals surface area contributed by atoms with Crippen LogP contribution in [-0.2, 0) is 6.42 Å². The molecule has 4 heteroatoms. The van der Waals surface area contributed by atoms with Crippen LogP contribution in [0.4, 0.5) is 0 Å². The van der Waals surface area contributed by atoms with Crippen molar-refractivity contribution in [3.63, 3.8) is 0 Å². The predicted octanol–water partition coefficient (Wildman–Crippen LogP) is 3.89. The van der Waals surface area contributed by atoms with Crippen LogP contribution in [0.5, 0.6) is 5.75 Å². The second kappa shape index (κ2) is 6.84. The van der Waals surface area contributed by atoms with E-state index in [1.807, 2.05) is 43.3 Å². The molecule has 26 heavy (non-hydrogen) atoms. The molecule has 0 bridgehead atoms. The number of amides is 1. The van der Waals surface area contributed by atoms with Gasteiger partial charge >= 0.3 is 0 Å². The number of hydrogen-bond acceptors (Lipinski definition) is 3. The second-order valence-corrected chi connectivity index (χ2v) is 7.21. The zero-order chi connectivity index (χ0) is 18.1. The number of aryl methyl sites for hydroxylation is 1. The van der Waals surface area contributed by atoms with Crippen molar-refractivity contribution < 1.29 is 9.53 Å². The van der Waals surface area contributed by atoms with Crippen molar-refractivity contribution >= 4 is 5.91 Å². The van der Waals surface area contributed by atoms with Crippen molar-refractivity contribution in [2.24, 2.45) is 0 Å². The Labute approximate surface area is 153 Å². The summed E-state index contributed by atoms with van der Waals surface area (Å²) < 4.78 is 6.09. The van der Waals surface area contributed by atoms with E-state index < -0.39 is 0 Å². The Kier molecular flexibility index (Phi) is 4.38. The molecule has 1 fully saturated rings. The van der Waals surface area contributed by atoms with E-state index in [0.29, 0.717) is 17.7 Å². The van der Waals surface area contributed by atoms with Gasteiger partial charge in [0, 0.05) is 0 Å². The van der Waals surface area contributed by atoms with Crippen molar-refractivity contribution in [1.29, 1.82) is 5.26 Å². The van der Waals surface area contributed by atoms with Gasteiger partial charge in [-0.3, -0.25) is 4.79 Å². The number of fused-ring (bicyclic) bond motifs is 1. The Morgan fingerprint density at radius 3 is 2.73 bits per heavy atom. The average Bonchev–Trinajstić information content (AvgIpc) is 2.95. The lowest BCUT2D eigenvalue weighted by Gasteiger charge is -2.28. The van der Waals surface area contributed by atoms with Gasteiger partial charge < -0.3 is 10.1 Å². The minimum Gasteiger partial charge on any atom is -0.489 e. The van der Waals surface area contributed by atoms with E-state index >= 15 is 0 Å². The monoisotopic (exact) mass is 346 g/mol. The summed E-state index contributed by atoms with van der Waals surface area (Å²) in [5, 5.41) is 12.7. The van der Waals surface area contributed by atoms with E-state index in [9.17, 15) is 10.1 Å². The first-order valence-electron chi connectivity index (χ1n) is 9.22. The Bertz CT molecular complexity index is 880. The normalized spacial score (nSPS) is 21.4. The highest BCUT2D eigenvalue weighted by atomic mass is 16.5. The first-order chi connectivity index (χ1) is 12.7. The maximum atomic E-state index is 13.0. The third-order valence-corrected chi connectivity index (χ3v) is 5.48. The Morgan fingerprint density at radius 2 is 2.00 bits per heavy atom. The lowest BCUT2D eigenvalue weighted by Crippen LogP contribution is -2.38. The molecule has 0 aromatic heterocycles. The Morgan fingerprint density at radius 1 is 1.19 bits per heavy atom.